The molecule has 0 saturated heterocycles. The van der Waals surface area contributed by atoms with Crippen molar-refractivity contribution in [3.05, 3.63) is 40.7 Å². The highest BCUT2D eigenvalue weighted by molar-refractivity contribution is 5.60. The van der Waals surface area contributed by atoms with E-state index in [1.165, 1.54) is 18.1 Å². The normalized spacial score (nSPS) is 10.1. The van der Waals surface area contributed by atoms with Gasteiger partial charge < -0.3 is 14.7 Å². The van der Waals surface area contributed by atoms with Gasteiger partial charge in [-0.1, -0.05) is 6.08 Å². The van der Waals surface area contributed by atoms with E-state index in [0.717, 1.165) is 6.07 Å². The standard InChI is InChI=1S/C12H15FN2O4/c1-3-4-14(5-6-16)10-8-12(19-2)11(15(17)18)7-9(10)13/h3,7-8,16H,1,4-6H2,2H3. The Kier molecular flexibility index (Phi) is 5.25. The van der Waals surface area contributed by atoms with Gasteiger partial charge in [0, 0.05) is 19.2 Å². The van der Waals surface area contributed by atoms with Crippen LogP contribution in [0.5, 0.6) is 5.75 Å². The van der Waals surface area contributed by atoms with Crippen molar-refractivity contribution in [2.45, 2.75) is 0 Å². The zero-order valence-electron chi connectivity index (χ0n) is 10.5. The average molecular weight is 270 g/mol. The summed E-state index contributed by atoms with van der Waals surface area (Å²) < 4.78 is 18.8. The first kappa shape index (κ1) is 14.9. The smallest absolute Gasteiger partial charge is 0.313 e. The van der Waals surface area contributed by atoms with Crippen LogP contribution in [0.3, 0.4) is 0 Å². The van der Waals surface area contributed by atoms with Gasteiger partial charge in [-0.05, 0) is 0 Å². The molecule has 0 amide bonds. The summed E-state index contributed by atoms with van der Waals surface area (Å²) in [5.41, 5.74) is -0.317. The largest absolute Gasteiger partial charge is 0.490 e. The molecular weight excluding hydrogens is 255 g/mol. The SMILES string of the molecule is C=CCN(CCO)c1cc(OC)c([N+](=O)[O-])cc1F. The van der Waals surface area contributed by atoms with Crippen LogP contribution >= 0.6 is 0 Å². The second-order valence-corrected chi connectivity index (χ2v) is 3.69. The first-order chi connectivity index (χ1) is 9.04. The molecular formula is C12H15FN2O4. The van der Waals surface area contributed by atoms with Crippen molar-refractivity contribution in [3.8, 4) is 5.75 Å². The molecule has 0 fully saturated rings. The van der Waals surface area contributed by atoms with Crippen LogP contribution in [-0.4, -0.2) is 36.8 Å². The van der Waals surface area contributed by atoms with E-state index in [2.05, 4.69) is 6.58 Å². The van der Waals surface area contributed by atoms with Gasteiger partial charge in [0.05, 0.1) is 30.4 Å². The molecule has 0 bridgehead atoms. The Morgan fingerprint density at radius 3 is 2.79 bits per heavy atom. The van der Waals surface area contributed by atoms with Gasteiger partial charge in [-0.2, -0.15) is 0 Å². The van der Waals surface area contributed by atoms with E-state index in [1.54, 1.807) is 6.08 Å². The summed E-state index contributed by atoms with van der Waals surface area (Å²) in [6, 6.07) is 2.05. The summed E-state index contributed by atoms with van der Waals surface area (Å²) in [6.07, 6.45) is 1.54. The van der Waals surface area contributed by atoms with Crippen LogP contribution in [0.2, 0.25) is 0 Å². The minimum atomic E-state index is -0.747. The van der Waals surface area contributed by atoms with Crippen LogP contribution in [0.25, 0.3) is 0 Å². The molecule has 104 valence electrons. The Bertz CT molecular complexity index is 479. The number of benzene rings is 1. The number of rotatable bonds is 7. The first-order valence-electron chi connectivity index (χ1n) is 5.53. The van der Waals surface area contributed by atoms with E-state index in [1.807, 2.05) is 0 Å². The maximum Gasteiger partial charge on any atom is 0.313 e. The minimum absolute atomic E-state index is 0.0339. The lowest BCUT2D eigenvalue weighted by Crippen LogP contribution is -2.27. The molecule has 1 N–H and O–H groups in total. The summed E-state index contributed by atoms with van der Waals surface area (Å²) >= 11 is 0. The zero-order valence-corrected chi connectivity index (χ0v) is 10.5. The van der Waals surface area contributed by atoms with Crippen molar-refractivity contribution >= 4 is 11.4 Å². The molecule has 0 spiro atoms. The Labute approximate surface area is 109 Å². The summed E-state index contributed by atoms with van der Waals surface area (Å²) in [5.74, 6) is -0.781. The van der Waals surface area contributed by atoms with Gasteiger partial charge in [0.1, 0.15) is 0 Å². The van der Waals surface area contributed by atoms with E-state index in [4.69, 9.17) is 9.84 Å². The van der Waals surface area contributed by atoms with Crippen LogP contribution < -0.4 is 9.64 Å². The molecule has 0 heterocycles. The molecule has 6 nitrogen and oxygen atoms in total. The molecule has 0 atom stereocenters. The third-order valence-corrected chi connectivity index (χ3v) is 2.51. The van der Waals surface area contributed by atoms with E-state index in [0.29, 0.717) is 6.54 Å². The van der Waals surface area contributed by atoms with E-state index < -0.39 is 16.4 Å². The number of ether oxygens (including phenoxy) is 1. The van der Waals surface area contributed by atoms with Crippen molar-refractivity contribution < 1.29 is 19.2 Å². The lowest BCUT2D eigenvalue weighted by Gasteiger charge is -2.23. The lowest BCUT2D eigenvalue weighted by molar-refractivity contribution is -0.385. The maximum atomic E-state index is 13.9. The van der Waals surface area contributed by atoms with Crippen molar-refractivity contribution in [2.75, 3.05) is 31.7 Å². The predicted molar refractivity (Wildman–Crippen MR) is 69.1 cm³/mol. The van der Waals surface area contributed by atoms with E-state index >= 15 is 0 Å². The van der Waals surface area contributed by atoms with Gasteiger partial charge in [0.2, 0.25) is 0 Å². The second-order valence-electron chi connectivity index (χ2n) is 3.69. The number of hydrogen-bond acceptors (Lipinski definition) is 5. The first-order valence-corrected chi connectivity index (χ1v) is 5.53. The summed E-state index contributed by atoms with van der Waals surface area (Å²) in [7, 11) is 1.27. The number of nitro benzene ring substituents is 1. The lowest BCUT2D eigenvalue weighted by atomic mass is 10.2. The summed E-state index contributed by atoms with van der Waals surface area (Å²) in [6.45, 7) is 3.86. The number of nitrogens with zero attached hydrogens (tertiary/aromatic N) is 2. The molecule has 0 unspecified atom stereocenters. The van der Waals surface area contributed by atoms with Crippen molar-refractivity contribution in [3.63, 3.8) is 0 Å². The van der Waals surface area contributed by atoms with Gasteiger partial charge in [-0.25, -0.2) is 4.39 Å². The fraction of sp³-hybridized carbons (Fsp3) is 0.333. The van der Waals surface area contributed by atoms with Gasteiger partial charge in [-0.15, -0.1) is 6.58 Å². The molecule has 19 heavy (non-hydrogen) atoms. The average Bonchev–Trinajstić information content (AvgIpc) is 2.38. The fourth-order valence-electron chi connectivity index (χ4n) is 1.67. The highest BCUT2D eigenvalue weighted by Gasteiger charge is 2.21. The molecule has 0 radical (unpaired) electrons. The van der Waals surface area contributed by atoms with E-state index in [9.17, 15) is 14.5 Å². The van der Waals surface area contributed by atoms with E-state index in [-0.39, 0.29) is 24.6 Å². The number of anilines is 1. The molecule has 0 aliphatic carbocycles. The van der Waals surface area contributed by atoms with Gasteiger partial charge in [0.25, 0.3) is 0 Å². The Hall–Kier alpha value is -2.15. The number of aliphatic hydroxyl groups excluding tert-OH is 1. The topological polar surface area (TPSA) is 75.8 Å². The highest BCUT2D eigenvalue weighted by Crippen LogP contribution is 2.33. The summed E-state index contributed by atoms with van der Waals surface area (Å²) in [5, 5.41) is 19.7. The van der Waals surface area contributed by atoms with Crippen LogP contribution in [0.15, 0.2) is 24.8 Å². The monoisotopic (exact) mass is 270 g/mol. The number of hydrogen-bond donors (Lipinski definition) is 1. The maximum absolute atomic E-state index is 13.9. The molecule has 0 aliphatic heterocycles. The molecule has 7 heteroatoms. The quantitative estimate of drug-likeness (QED) is 0.464. The molecule has 1 rings (SSSR count). The Balaban J connectivity index is 3.26. The van der Waals surface area contributed by atoms with Crippen molar-refractivity contribution in [1.82, 2.24) is 0 Å². The van der Waals surface area contributed by atoms with Gasteiger partial charge in [0.15, 0.2) is 11.6 Å². The Morgan fingerprint density at radius 1 is 1.63 bits per heavy atom. The number of nitro groups is 1. The van der Waals surface area contributed by atoms with Crippen LogP contribution in [0.4, 0.5) is 15.8 Å². The molecule has 0 saturated carbocycles. The second kappa shape index (κ2) is 6.69. The van der Waals surface area contributed by atoms with Crippen LogP contribution in [-0.2, 0) is 0 Å². The van der Waals surface area contributed by atoms with Gasteiger partial charge >= 0.3 is 5.69 Å². The number of aliphatic hydroxyl groups is 1. The Morgan fingerprint density at radius 2 is 2.32 bits per heavy atom. The third kappa shape index (κ3) is 3.41. The van der Waals surface area contributed by atoms with Crippen molar-refractivity contribution in [1.29, 1.82) is 0 Å². The van der Waals surface area contributed by atoms with Gasteiger partial charge in [-0.3, -0.25) is 10.1 Å². The fourth-order valence-corrected chi connectivity index (χ4v) is 1.67. The molecule has 0 aromatic heterocycles. The number of methoxy groups -OCH3 is 1. The summed E-state index contributed by atoms with van der Waals surface area (Å²) in [4.78, 5) is 11.6. The third-order valence-electron chi connectivity index (χ3n) is 2.51. The predicted octanol–water partition coefficient (Wildman–Crippen LogP) is 1.73. The van der Waals surface area contributed by atoms with Crippen LogP contribution in [0.1, 0.15) is 0 Å². The molecule has 1 aromatic carbocycles. The molecule has 1 aromatic rings. The van der Waals surface area contributed by atoms with Crippen molar-refractivity contribution in [2.24, 2.45) is 0 Å². The minimum Gasteiger partial charge on any atom is -0.490 e. The molecule has 0 aliphatic rings. The highest BCUT2D eigenvalue weighted by atomic mass is 19.1. The number of halogens is 1. The van der Waals surface area contributed by atoms with Crippen LogP contribution in [0, 0.1) is 15.9 Å². The zero-order chi connectivity index (χ0) is 14.4.